The second-order valence-corrected chi connectivity index (χ2v) is 10.6. The summed E-state index contributed by atoms with van der Waals surface area (Å²) in [4.78, 5) is 43.8. The Balaban J connectivity index is 1.40. The smallest absolute Gasteiger partial charge is 0.307 e. The molecule has 2 amide bonds. The maximum absolute atomic E-state index is 13.3. The number of aromatic nitrogens is 1. The van der Waals surface area contributed by atoms with E-state index in [-0.39, 0.29) is 23.7 Å². The molecule has 4 atom stereocenters. The molecule has 3 aliphatic rings. The lowest BCUT2D eigenvalue weighted by molar-refractivity contribution is -0.148. The van der Waals surface area contributed by atoms with E-state index in [4.69, 9.17) is 0 Å². The van der Waals surface area contributed by atoms with Gasteiger partial charge in [-0.3, -0.25) is 19.4 Å². The highest BCUT2D eigenvalue weighted by Gasteiger charge is 2.54. The van der Waals surface area contributed by atoms with Gasteiger partial charge in [-0.1, -0.05) is 12.5 Å². The summed E-state index contributed by atoms with van der Waals surface area (Å²) in [7, 11) is 0. The van der Waals surface area contributed by atoms with Crippen LogP contribution < -0.4 is 10.6 Å². The first-order valence-electron chi connectivity index (χ1n) is 11.9. The molecule has 8 heteroatoms. The summed E-state index contributed by atoms with van der Waals surface area (Å²) in [6, 6.07) is 3.74. The number of pyridine rings is 1. The number of hydrogen-bond acceptors (Lipinski definition) is 5. The number of rotatable bonds is 6. The summed E-state index contributed by atoms with van der Waals surface area (Å²) in [5.74, 6) is -2.25. The van der Waals surface area contributed by atoms with Gasteiger partial charge in [0, 0.05) is 23.8 Å². The Morgan fingerprint density at radius 3 is 2.64 bits per heavy atom. The number of fused-ring (bicyclic) bond motifs is 3. The molecular formula is C25H29N3O4S. The first kappa shape index (κ1) is 22.1. The molecule has 0 aromatic carbocycles. The predicted octanol–water partition coefficient (Wildman–Crippen LogP) is 4.03. The van der Waals surface area contributed by atoms with E-state index in [1.807, 2.05) is 12.1 Å². The first-order valence-corrected chi connectivity index (χ1v) is 12.7. The minimum Gasteiger partial charge on any atom is -0.481 e. The molecule has 0 spiro atoms. The summed E-state index contributed by atoms with van der Waals surface area (Å²) in [5, 5.41) is 16.3. The van der Waals surface area contributed by atoms with Crippen molar-refractivity contribution in [2.75, 3.05) is 5.32 Å². The molecule has 174 valence electrons. The molecule has 2 aromatic rings. The lowest BCUT2D eigenvalue weighted by Gasteiger charge is -2.27. The van der Waals surface area contributed by atoms with Crippen LogP contribution in [0.15, 0.2) is 24.5 Å². The molecule has 0 aliphatic heterocycles. The van der Waals surface area contributed by atoms with Gasteiger partial charge >= 0.3 is 5.97 Å². The van der Waals surface area contributed by atoms with Crippen molar-refractivity contribution in [2.45, 2.75) is 57.9 Å². The predicted molar refractivity (Wildman–Crippen MR) is 125 cm³/mol. The Labute approximate surface area is 197 Å². The summed E-state index contributed by atoms with van der Waals surface area (Å²) in [5.41, 5.74) is 2.51. The fourth-order valence-electron chi connectivity index (χ4n) is 6.06. The molecule has 0 unspecified atom stereocenters. The van der Waals surface area contributed by atoms with Crippen molar-refractivity contribution < 1.29 is 19.5 Å². The molecule has 7 nitrogen and oxygen atoms in total. The third-order valence-electron chi connectivity index (χ3n) is 7.57. The molecule has 2 heterocycles. The number of carboxylic acid groups (broad SMARTS) is 1. The second-order valence-electron chi connectivity index (χ2n) is 9.52. The number of amides is 2. The van der Waals surface area contributed by atoms with Crippen LogP contribution in [0.3, 0.4) is 0 Å². The molecule has 3 aliphatic carbocycles. The Hall–Kier alpha value is -2.74. The van der Waals surface area contributed by atoms with Crippen molar-refractivity contribution in [3.63, 3.8) is 0 Å². The minimum atomic E-state index is -0.876. The largest absolute Gasteiger partial charge is 0.481 e. The summed E-state index contributed by atoms with van der Waals surface area (Å²) in [6.45, 7) is 0.359. The zero-order valence-electron chi connectivity index (χ0n) is 18.5. The highest BCUT2D eigenvalue weighted by Crippen LogP contribution is 2.53. The molecular weight excluding hydrogens is 438 g/mol. The van der Waals surface area contributed by atoms with Gasteiger partial charge in [-0.2, -0.15) is 0 Å². The fourth-order valence-corrected chi connectivity index (χ4v) is 7.35. The Morgan fingerprint density at radius 1 is 1.09 bits per heavy atom. The highest BCUT2D eigenvalue weighted by molar-refractivity contribution is 7.17. The molecule has 2 saturated carbocycles. The van der Waals surface area contributed by atoms with E-state index in [9.17, 15) is 19.5 Å². The molecule has 33 heavy (non-hydrogen) atoms. The Kier molecular flexibility index (Phi) is 6.19. The number of carbonyl (C=O) groups excluding carboxylic acids is 2. The number of carbonyl (C=O) groups is 3. The number of anilines is 1. The Bertz CT molecular complexity index is 1070. The first-order chi connectivity index (χ1) is 16.0. The quantitative estimate of drug-likeness (QED) is 0.556. The van der Waals surface area contributed by atoms with Crippen LogP contribution in [0, 0.1) is 23.7 Å². The van der Waals surface area contributed by atoms with Gasteiger partial charge in [0.25, 0.3) is 5.91 Å². The topological polar surface area (TPSA) is 108 Å². The van der Waals surface area contributed by atoms with E-state index in [1.165, 1.54) is 11.3 Å². The number of nitrogens with one attached hydrogen (secondary N) is 2. The Morgan fingerprint density at radius 2 is 1.88 bits per heavy atom. The van der Waals surface area contributed by atoms with E-state index >= 15 is 0 Å². The van der Waals surface area contributed by atoms with E-state index in [1.54, 1.807) is 12.4 Å². The van der Waals surface area contributed by atoms with E-state index in [0.717, 1.165) is 67.4 Å². The summed E-state index contributed by atoms with van der Waals surface area (Å²) >= 11 is 1.49. The average Bonchev–Trinajstić information content (AvgIpc) is 3.47. The third kappa shape index (κ3) is 4.28. The van der Waals surface area contributed by atoms with E-state index in [2.05, 4.69) is 15.6 Å². The van der Waals surface area contributed by atoms with Crippen LogP contribution in [0.2, 0.25) is 0 Å². The second kappa shape index (κ2) is 9.25. The van der Waals surface area contributed by atoms with Crippen LogP contribution in [-0.2, 0) is 29.0 Å². The van der Waals surface area contributed by atoms with Gasteiger partial charge in [-0.25, -0.2) is 0 Å². The van der Waals surface area contributed by atoms with Crippen molar-refractivity contribution >= 4 is 34.1 Å². The van der Waals surface area contributed by atoms with E-state index in [0.29, 0.717) is 17.1 Å². The third-order valence-corrected chi connectivity index (χ3v) is 8.77. The van der Waals surface area contributed by atoms with Gasteiger partial charge in [-0.15, -0.1) is 11.3 Å². The van der Waals surface area contributed by atoms with Crippen LogP contribution in [-0.4, -0.2) is 27.9 Å². The molecule has 5 rings (SSSR count). The number of nitrogens with zero attached hydrogens (tertiary/aromatic N) is 1. The van der Waals surface area contributed by atoms with Gasteiger partial charge < -0.3 is 15.7 Å². The normalized spacial score (nSPS) is 25.8. The minimum absolute atomic E-state index is 0.0885. The standard InChI is InChI=1S/C25H29N3O4S/c29-22(27-13-14-5-4-10-26-12-14)21-17-6-2-1-3-7-18(17)33-24(21)28-23(30)19-15-8-9-16(11-15)20(19)25(31)32/h4-5,10,12,15-16,19-20H,1-3,6-9,11,13H2,(H,27,29)(H,28,30)(H,31,32)/t15-,16-,19-,20+/m0/s1. The van der Waals surface area contributed by atoms with Crippen LogP contribution >= 0.6 is 11.3 Å². The zero-order chi connectivity index (χ0) is 22.9. The van der Waals surface area contributed by atoms with Crippen LogP contribution in [0.4, 0.5) is 5.00 Å². The van der Waals surface area contributed by atoms with Crippen molar-refractivity contribution in [1.82, 2.24) is 10.3 Å². The summed E-state index contributed by atoms with van der Waals surface area (Å²) < 4.78 is 0. The molecule has 2 bridgehead atoms. The lowest BCUT2D eigenvalue weighted by Crippen LogP contribution is -2.38. The van der Waals surface area contributed by atoms with Gasteiger partial charge in [-0.05, 0) is 74.0 Å². The van der Waals surface area contributed by atoms with Crippen molar-refractivity contribution in [3.05, 3.63) is 46.1 Å². The number of aliphatic carboxylic acids is 1. The van der Waals surface area contributed by atoms with E-state index < -0.39 is 17.8 Å². The molecule has 0 saturated heterocycles. The molecule has 2 fully saturated rings. The zero-order valence-corrected chi connectivity index (χ0v) is 19.3. The lowest BCUT2D eigenvalue weighted by atomic mass is 9.78. The number of hydrogen-bond donors (Lipinski definition) is 3. The van der Waals surface area contributed by atoms with Gasteiger partial charge in [0.05, 0.1) is 17.4 Å². The van der Waals surface area contributed by atoms with Crippen molar-refractivity contribution in [1.29, 1.82) is 0 Å². The highest BCUT2D eigenvalue weighted by atomic mass is 32.1. The SMILES string of the molecule is O=C(NCc1cccnc1)c1c(NC(=O)[C@H]2[C@H]3CC[C@@H](C3)[C@H]2C(=O)O)sc2c1CCCCC2. The van der Waals surface area contributed by atoms with Crippen LogP contribution in [0.1, 0.15) is 64.9 Å². The maximum Gasteiger partial charge on any atom is 0.307 e. The van der Waals surface area contributed by atoms with Gasteiger partial charge in [0.2, 0.25) is 5.91 Å². The van der Waals surface area contributed by atoms with Crippen LogP contribution in [0.5, 0.6) is 0 Å². The summed E-state index contributed by atoms with van der Waals surface area (Å²) in [6.07, 6.45) is 11.0. The number of carboxylic acids is 1. The van der Waals surface area contributed by atoms with Crippen molar-refractivity contribution in [2.24, 2.45) is 23.7 Å². The molecule has 2 aromatic heterocycles. The van der Waals surface area contributed by atoms with Gasteiger partial charge in [0.15, 0.2) is 0 Å². The van der Waals surface area contributed by atoms with Crippen molar-refractivity contribution in [3.8, 4) is 0 Å². The molecule has 3 N–H and O–H groups in total. The fraction of sp³-hybridized carbons (Fsp3) is 0.520. The molecule has 0 radical (unpaired) electrons. The van der Waals surface area contributed by atoms with Crippen LogP contribution in [0.25, 0.3) is 0 Å². The van der Waals surface area contributed by atoms with Gasteiger partial charge in [0.1, 0.15) is 5.00 Å². The average molecular weight is 468 g/mol. The number of thiophene rings is 1. The number of aryl methyl sites for hydroxylation is 1. The monoisotopic (exact) mass is 467 g/mol. The maximum atomic E-state index is 13.3.